The fraction of sp³-hybridized carbons (Fsp3) is 0.593. The number of ketones is 1. The van der Waals surface area contributed by atoms with Crippen molar-refractivity contribution < 1.29 is 33.3 Å². The highest BCUT2D eigenvalue weighted by molar-refractivity contribution is 7.09. The van der Waals surface area contributed by atoms with Crippen LogP contribution in [0.4, 0.5) is 8.78 Å². The summed E-state index contributed by atoms with van der Waals surface area (Å²) in [6, 6.07) is 0. The molecule has 200 valence electrons. The predicted octanol–water partition coefficient (Wildman–Crippen LogP) is 5.29. The molecule has 1 aliphatic heterocycles. The maximum atomic E-state index is 13.7. The summed E-state index contributed by atoms with van der Waals surface area (Å²) in [5.41, 5.74) is -0.164. The van der Waals surface area contributed by atoms with Crippen LogP contribution in [-0.2, 0) is 14.3 Å². The molecular formula is C27H37F2NO5S. The number of aliphatic hydroxyl groups excluding tert-OH is 2. The van der Waals surface area contributed by atoms with Gasteiger partial charge in [-0.05, 0) is 37.5 Å². The van der Waals surface area contributed by atoms with Crippen LogP contribution in [0.25, 0.3) is 6.08 Å². The van der Waals surface area contributed by atoms with E-state index >= 15 is 0 Å². The van der Waals surface area contributed by atoms with Crippen LogP contribution >= 0.6 is 11.3 Å². The number of cyclic esters (lactones) is 1. The smallest absolute Gasteiger partial charge is 0.309 e. The Morgan fingerprint density at radius 3 is 2.53 bits per heavy atom. The average Bonchev–Trinajstić information content (AvgIpc) is 3.21. The van der Waals surface area contributed by atoms with E-state index in [2.05, 4.69) is 4.98 Å². The van der Waals surface area contributed by atoms with Crippen molar-refractivity contribution in [1.29, 1.82) is 0 Å². The number of allylic oxidation sites excluding steroid dienone is 2. The van der Waals surface area contributed by atoms with Gasteiger partial charge in [0.1, 0.15) is 11.9 Å². The Morgan fingerprint density at radius 1 is 1.28 bits per heavy atom. The lowest BCUT2D eigenvalue weighted by Crippen LogP contribution is -2.45. The molecule has 0 saturated carbocycles. The van der Waals surface area contributed by atoms with Crippen molar-refractivity contribution in [1.82, 2.24) is 4.98 Å². The van der Waals surface area contributed by atoms with Crippen molar-refractivity contribution in [3.8, 4) is 0 Å². The van der Waals surface area contributed by atoms with Crippen LogP contribution in [0, 0.1) is 24.2 Å². The zero-order valence-corrected chi connectivity index (χ0v) is 22.5. The Labute approximate surface area is 215 Å². The predicted molar refractivity (Wildman–Crippen MR) is 137 cm³/mol. The fourth-order valence-electron chi connectivity index (χ4n) is 4.13. The number of esters is 1. The van der Waals surface area contributed by atoms with Crippen molar-refractivity contribution in [2.45, 2.75) is 85.5 Å². The summed E-state index contributed by atoms with van der Waals surface area (Å²) in [5.74, 6) is -2.48. The van der Waals surface area contributed by atoms with Crippen LogP contribution < -0.4 is 0 Å². The molecule has 0 aliphatic carbocycles. The summed E-state index contributed by atoms with van der Waals surface area (Å²) < 4.78 is 33.1. The van der Waals surface area contributed by atoms with E-state index in [0.717, 1.165) is 5.01 Å². The van der Waals surface area contributed by atoms with Gasteiger partial charge in [0.15, 0.2) is 0 Å². The molecule has 0 amide bonds. The van der Waals surface area contributed by atoms with Crippen LogP contribution in [0.15, 0.2) is 34.8 Å². The fourth-order valence-corrected chi connectivity index (χ4v) is 4.70. The molecule has 6 nitrogen and oxygen atoms in total. The highest BCUT2D eigenvalue weighted by Crippen LogP contribution is 2.32. The molecule has 1 aromatic rings. The third-order valence-electron chi connectivity index (χ3n) is 6.75. The number of hydrogen-bond donors (Lipinski definition) is 2. The highest BCUT2D eigenvalue weighted by Gasteiger charge is 2.42. The summed E-state index contributed by atoms with van der Waals surface area (Å²) in [6.45, 7) is 9.92. The molecule has 0 aromatic carbocycles. The standard InChI is InChI=1S/C27H37F2NO5S/c1-15-8-7-9-19(26(28)29)10-11-21(16(2)12-20-14-36-18(4)30-20)35-23(32)13-22(31)27(5,6)25(34)17(3)24(15)33/h7-8,10,12,14-15,17,21-22,24,26,31,33H,9,11,13H2,1-6H3/b8-7+,16-12+,19-10+/t15-,17+,21-,22-,24-/m0/s1. The number of rotatable bonds is 3. The van der Waals surface area contributed by atoms with E-state index < -0.39 is 60.2 Å². The number of alkyl halides is 2. The maximum absolute atomic E-state index is 13.7. The van der Waals surface area contributed by atoms with Crippen molar-refractivity contribution in [3.05, 3.63) is 45.5 Å². The minimum atomic E-state index is -2.71. The van der Waals surface area contributed by atoms with Crippen LogP contribution in [0.1, 0.15) is 64.6 Å². The zero-order valence-electron chi connectivity index (χ0n) is 21.7. The van der Waals surface area contributed by atoms with Gasteiger partial charge in [-0.2, -0.15) is 0 Å². The van der Waals surface area contributed by atoms with Crippen LogP contribution in [0.3, 0.4) is 0 Å². The van der Waals surface area contributed by atoms with Gasteiger partial charge in [0.2, 0.25) is 0 Å². The number of Topliss-reactive ketones (excluding diaryl/α,β-unsaturated/α-hetero) is 1. The third kappa shape index (κ3) is 7.88. The number of aliphatic hydroxyl groups is 2. The molecule has 0 saturated heterocycles. The number of thiazole rings is 1. The Bertz CT molecular complexity index is 1010. The summed E-state index contributed by atoms with van der Waals surface area (Å²) in [6.07, 6.45) is -0.204. The zero-order chi connectivity index (χ0) is 27.2. The monoisotopic (exact) mass is 525 g/mol. The summed E-state index contributed by atoms with van der Waals surface area (Å²) in [4.78, 5) is 30.3. The number of halogens is 2. The molecule has 2 rings (SSSR count). The first-order valence-corrected chi connectivity index (χ1v) is 13.0. The number of carbonyl (C=O) groups excluding carboxylic acids is 2. The SMILES string of the molecule is C/C(=C\c1csc(C)n1)[C@@H]1C/C=C(/C(F)F)C/C=C/[C@H](C)[C@H](O)[C@@H](C)C(=O)C(C)(C)[C@@H](O)CC(=O)O1. The molecule has 0 unspecified atom stereocenters. The second-order valence-electron chi connectivity index (χ2n) is 10.1. The second kappa shape index (κ2) is 12.8. The number of nitrogens with zero attached hydrogens (tertiary/aromatic N) is 1. The van der Waals surface area contributed by atoms with Gasteiger partial charge in [0.05, 0.1) is 34.7 Å². The lowest BCUT2D eigenvalue weighted by atomic mass is 9.73. The molecule has 2 N–H and O–H groups in total. The molecule has 2 heterocycles. The van der Waals surface area contributed by atoms with Gasteiger partial charge in [-0.3, -0.25) is 9.59 Å². The summed E-state index contributed by atoms with van der Waals surface area (Å²) >= 11 is 1.46. The number of carbonyl (C=O) groups is 2. The van der Waals surface area contributed by atoms with Gasteiger partial charge < -0.3 is 14.9 Å². The Kier molecular flexibility index (Phi) is 10.7. The topological polar surface area (TPSA) is 96.7 Å². The molecule has 0 bridgehead atoms. The number of ether oxygens (including phenoxy) is 1. The van der Waals surface area contributed by atoms with Gasteiger partial charge in [0.25, 0.3) is 6.43 Å². The first kappa shape index (κ1) is 30.0. The normalized spacial score (nSPS) is 31.6. The van der Waals surface area contributed by atoms with E-state index in [-0.39, 0.29) is 18.4 Å². The molecule has 1 aliphatic rings. The van der Waals surface area contributed by atoms with Crippen molar-refractivity contribution in [2.24, 2.45) is 17.3 Å². The van der Waals surface area contributed by atoms with Crippen molar-refractivity contribution in [2.75, 3.05) is 0 Å². The van der Waals surface area contributed by atoms with E-state index in [9.17, 15) is 28.6 Å². The average molecular weight is 526 g/mol. The third-order valence-corrected chi connectivity index (χ3v) is 7.55. The first-order chi connectivity index (χ1) is 16.7. The van der Waals surface area contributed by atoms with Gasteiger partial charge >= 0.3 is 5.97 Å². The molecule has 0 fully saturated rings. The molecule has 5 atom stereocenters. The summed E-state index contributed by atoms with van der Waals surface area (Å²) in [5, 5.41) is 24.2. The molecular weight excluding hydrogens is 488 g/mol. The number of hydrogen-bond acceptors (Lipinski definition) is 7. The lowest BCUT2D eigenvalue weighted by molar-refractivity contribution is -0.154. The Balaban J connectivity index is 2.45. The van der Waals surface area contributed by atoms with Crippen LogP contribution in [0.2, 0.25) is 0 Å². The van der Waals surface area contributed by atoms with Gasteiger partial charge in [-0.15, -0.1) is 11.3 Å². The maximum Gasteiger partial charge on any atom is 0.309 e. The first-order valence-electron chi connectivity index (χ1n) is 12.1. The van der Waals surface area contributed by atoms with Gasteiger partial charge in [0, 0.05) is 23.6 Å². The second-order valence-corrected chi connectivity index (χ2v) is 11.1. The van der Waals surface area contributed by atoms with E-state index in [4.69, 9.17) is 4.74 Å². The molecule has 36 heavy (non-hydrogen) atoms. The molecule has 0 spiro atoms. The number of aryl methyl sites for hydroxylation is 1. The van der Waals surface area contributed by atoms with E-state index in [1.807, 2.05) is 12.3 Å². The Morgan fingerprint density at radius 2 is 1.94 bits per heavy atom. The quantitative estimate of drug-likeness (QED) is 0.411. The number of aromatic nitrogens is 1. The van der Waals surface area contributed by atoms with Crippen molar-refractivity contribution >= 4 is 29.2 Å². The largest absolute Gasteiger partial charge is 0.457 e. The minimum Gasteiger partial charge on any atom is -0.457 e. The molecule has 9 heteroatoms. The summed E-state index contributed by atoms with van der Waals surface area (Å²) in [7, 11) is 0. The highest BCUT2D eigenvalue weighted by atomic mass is 32.1. The van der Waals surface area contributed by atoms with Crippen LogP contribution in [-0.4, -0.2) is 51.7 Å². The minimum absolute atomic E-state index is 0.0122. The Hall–Kier alpha value is -2.23. The van der Waals surface area contributed by atoms with Crippen molar-refractivity contribution in [3.63, 3.8) is 0 Å². The molecule has 0 radical (unpaired) electrons. The van der Waals surface area contributed by atoms with E-state index in [1.54, 1.807) is 39.0 Å². The lowest BCUT2D eigenvalue weighted by Gasteiger charge is -2.34. The van der Waals surface area contributed by atoms with E-state index in [0.29, 0.717) is 11.3 Å². The van der Waals surface area contributed by atoms with E-state index in [1.165, 1.54) is 31.3 Å². The molecule has 1 aromatic heterocycles. The van der Waals surface area contributed by atoms with Gasteiger partial charge in [-0.1, -0.05) is 45.9 Å². The van der Waals surface area contributed by atoms with Crippen LogP contribution in [0.5, 0.6) is 0 Å². The van der Waals surface area contributed by atoms with Gasteiger partial charge in [-0.25, -0.2) is 13.8 Å².